The number of amides is 1. The van der Waals surface area contributed by atoms with Crippen LogP contribution in [0.1, 0.15) is 37.1 Å². The van der Waals surface area contributed by atoms with Gasteiger partial charge in [-0.1, -0.05) is 35.0 Å². The van der Waals surface area contributed by atoms with Crippen LogP contribution < -0.4 is 9.62 Å². The molecule has 1 aliphatic carbocycles. The molecule has 0 aliphatic heterocycles. The number of halogens is 1. The van der Waals surface area contributed by atoms with Crippen molar-refractivity contribution in [2.75, 3.05) is 9.62 Å². The number of carboxylic acid groups (broad SMARTS) is 1. The average Bonchev–Trinajstić information content (AvgIpc) is 3.55. The van der Waals surface area contributed by atoms with Crippen LogP contribution in [0.5, 0.6) is 0 Å². The molecular weight excluding hydrogens is 468 g/mol. The number of nitrogens with zero attached hydrogens (tertiary/aromatic N) is 5. The van der Waals surface area contributed by atoms with Crippen LogP contribution in [-0.2, 0) is 17.1 Å². The van der Waals surface area contributed by atoms with Crippen molar-refractivity contribution in [3.63, 3.8) is 0 Å². The zero-order valence-electron chi connectivity index (χ0n) is 18.2. The number of aryl methyl sites for hydroxylation is 2. The van der Waals surface area contributed by atoms with Crippen molar-refractivity contribution < 1.29 is 18.3 Å². The molecule has 1 atom stereocenters. The number of carbonyl (C=O) groups is 1. The molecule has 0 saturated heterocycles. The Labute approximate surface area is 196 Å². The van der Waals surface area contributed by atoms with Gasteiger partial charge in [0, 0.05) is 12.1 Å². The molecule has 1 saturated carbocycles. The smallest absolute Gasteiger partial charge is 0.413 e. The molecule has 0 unspecified atom stereocenters. The highest BCUT2D eigenvalue weighted by Gasteiger charge is 2.36. The van der Waals surface area contributed by atoms with E-state index >= 15 is 0 Å². The molecule has 12 heteroatoms. The quantitative estimate of drug-likeness (QED) is 0.512. The maximum Gasteiger partial charge on any atom is 0.413 e. The van der Waals surface area contributed by atoms with Gasteiger partial charge in [0.25, 0.3) is 0 Å². The lowest BCUT2D eigenvalue weighted by Crippen LogP contribution is -2.34. The zero-order valence-corrected chi connectivity index (χ0v) is 19.8. The predicted molar refractivity (Wildman–Crippen MR) is 125 cm³/mol. The Hall–Kier alpha value is -3.18. The molecule has 1 amide bonds. The van der Waals surface area contributed by atoms with E-state index in [0.29, 0.717) is 40.5 Å². The molecule has 1 aromatic carbocycles. The third-order valence-corrected chi connectivity index (χ3v) is 7.72. The first-order chi connectivity index (χ1) is 15.6. The van der Waals surface area contributed by atoms with Crippen molar-refractivity contribution in [1.82, 2.24) is 20.0 Å². The van der Waals surface area contributed by atoms with Crippen molar-refractivity contribution in [3.05, 3.63) is 52.7 Å². The average molecular weight is 491 g/mol. The Kier molecular flexibility index (Phi) is 6.02. The van der Waals surface area contributed by atoms with E-state index in [0.717, 1.165) is 4.90 Å². The van der Waals surface area contributed by atoms with Gasteiger partial charge in [-0.3, -0.25) is 9.62 Å². The van der Waals surface area contributed by atoms with E-state index in [1.54, 1.807) is 57.3 Å². The van der Waals surface area contributed by atoms with Gasteiger partial charge in [0.05, 0.1) is 28.4 Å². The summed E-state index contributed by atoms with van der Waals surface area (Å²) >= 11 is 6.32. The second kappa shape index (κ2) is 8.64. The van der Waals surface area contributed by atoms with E-state index in [1.165, 1.54) is 4.68 Å². The SMILES string of the molecule is Cc1nc(-c2nnn(C)c2N(C(=O)O)[C@H](C)c2ccccc2Cl)ccc1NS(=O)(=O)C1CC1. The maximum atomic E-state index is 12.3. The van der Waals surface area contributed by atoms with Gasteiger partial charge in [-0.25, -0.2) is 22.9 Å². The number of hydrogen-bond donors (Lipinski definition) is 2. The van der Waals surface area contributed by atoms with E-state index in [2.05, 4.69) is 20.0 Å². The van der Waals surface area contributed by atoms with Crippen LogP contribution in [0.2, 0.25) is 5.02 Å². The monoisotopic (exact) mass is 490 g/mol. The minimum absolute atomic E-state index is 0.216. The lowest BCUT2D eigenvalue weighted by molar-refractivity contribution is 0.199. The van der Waals surface area contributed by atoms with Gasteiger partial charge in [0.15, 0.2) is 11.5 Å². The first-order valence-electron chi connectivity index (χ1n) is 10.3. The van der Waals surface area contributed by atoms with Crippen LogP contribution in [0.15, 0.2) is 36.4 Å². The van der Waals surface area contributed by atoms with Crippen LogP contribution in [-0.4, -0.2) is 44.8 Å². The lowest BCUT2D eigenvalue weighted by atomic mass is 10.1. The van der Waals surface area contributed by atoms with Crippen LogP contribution in [0, 0.1) is 6.92 Å². The van der Waals surface area contributed by atoms with Crippen LogP contribution in [0.25, 0.3) is 11.4 Å². The Morgan fingerprint density at radius 1 is 1.27 bits per heavy atom. The minimum atomic E-state index is -3.44. The number of hydrogen-bond acceptors (Lipinski definition) is 6. The normalized spacial score (nSPS) is 14.7. The summed E-state index contributed by atoms with van der Waals surface area (Å²) in [6.45, 7) is 3.40. The molecule has 1 aliphatic rings. The van der Waals surface area contributed by atoms with Crippen molar-refractivity contribution in [1.29, 1.82) is 0 Å². The molecule has 0 bridgehead atoms. The zero-order chi connectivity index (χ0) is 23.9. The Morgan fingerprint density at radius 3 is 2.58 bits per heavy atom. The third-order valence-electron chi connectivity index (χ3n) is 5.52. The molecule has 0 radical (unpaired) electrons. The highest BCUT2D eigenvalue weighted by molar-refractivity contribution is 7.93. The summed E-state index contributed by atoms with van der Waals surface area (Å²) in [5.41, 5.74) is 2.05. The maximum absolute atomic E-state index is 12.3. The Balaban J connectivity index is 1.73. The fraction of sp³-hybridized carbons (Fsp3) is 0.333. The first-order valence-corrected chi connectivity index (χ1v) is 12.2. The van der Waals surface area contributed by atoms with Crippen LogP contribution in [0.4, 0.5) is 16.3 Å². The standard InChI is InChI=1S/C21H23ClN6O4S/c1-12-17(25-33(31,32)14-8-9-14)10-11-18(23-12)19-20(27(3)26-24-19)28(21(29)30)13(2)15-6-4-5-7-16(15)22/h4-7,10-11,13-14,25H,8-9H2,1-3H3,(H,29,30)/t13-/m1/s1. The largest absolute Gasteiger partial charge is 0.465 e. The van der Waals surface area contributed by atoms with E-state index < -0.39 is 22.2 Å². The summed E-state index contributed by atoms with van der Waals surface area (Å²) in [6.07, 6.45) is 0.0919. The topological polar surface area (TPSA) is 130 Å². The molecule has 4 rings (SSSR count). The second-order valence-corrected chi connectivity index (χ2v) is 10.3. The molecule has 2 heterocycles. The summed E-state index contributed by atoms with van der Waals surface area (Å²) in [7, 11) is -1.85. The Morgan fingerprint density at radius 2 is 1.97 bits per heavy atom. The molecule has 33 heavy (non-hydrogen) atoms. The number of benzene rings is 1. The van der Waals surface area contributed by atoms with Gasteiger partial charge in [-0.05, 0) is 50.5 Å². The predicted octanol–water partition coefficient (Wildman–Crippen LogP) is 3.99. The molecule has 2 aromatic heterocycles. The van der Waals surface area contributed by atoms with Crippen molar-refractivity contribution in [3.8, 4) is 11.4 Å². The Bertz CT molecular complexity index is 1320. The van der Waals surface area contributed by atoms with Crippen molar-refractivity contribution >= 4 is 39.2 Å². The molecule has 0 spiro atoms. The van der Waals surface area contributed by atoms with Gasteiger partial charge < -0.3 is 5.11 Å². The minimum Gasteiger partial charge on any atom is -0.465 e. The summed E-state index contributed by atoms with van der Waals surface area (Å²) in [4.78, 5) is 17.9. The number of rotatable bonds is 7. The number of anilines is 2. The molecule has 174 valence electrons. The first kappa shape index (κ1) is 23.0. The molecule has 1 fully saturated rings. The summed E-state index contributed by atoms with van der Waals surface area (Å²) in [5.74, 6) is 0.216. The van der Waals surface area contributed by atoms with E-state index in [9.17, 15) is 18.3 Å². The number of aromatic nitrogens is 4. The van der Waals surface area contributed by atoms with Gasteiger partial charge in [-0.15, -0.1) is 5.10 Å². The number of sulfonamides is 1. The van der Waals surface area contributed by atoms with Crippen LogP contribution >= 0.6 is 11.6 Å². The van der Waals surface area contributed by atoms with Crippen molar-refractivity contribution in [2.24, 2.45) is 7.05 Å². The lowest BCUT2D eigenvalue weighted by Gasteiger charge is -2.27. The fourth-order valence-corrected chi connectivity index (χ4v) is 5.34. The summed E-state index contributed by atoms with van der Waals surface area (Å²) < 4.78 is 28.5. The summed E-state index contributed by atoms with van der Waals surface area (Å²) in [5, 5.41) is 18.3. The molecule has 10 nitrogen and oxygen atoms in total. The highest BCUT2D eigenvalue weighted by atomic mass is 35.5. The fourth-order valence-electron chi connectivity index (χ4n) is 3.60. The molecule has 3 aromatic rings. The third kappa shape index (κ3) is 4.51. The van der Waals surface area contributed by atoms with Gasteiger partial charge in [0.1, 0.15) is 0 Å². The van der Waals surface area contributed by atoms with Gasteiger partial charge >= 0.3 is 6.09 Å². The van der Waals surface area contributed by atoms with Crippen molar-refractivity contribution in [2.45, 2.75) is 38.0 Å². The molecular formula is C21H23ClN6O4S. The van der Waals surface area contributed by atoms with E-state index in [4.69, 9.17) is 11.6 Å². The second-order valence-electron chi connectivity index (χ2n) is 7.91. The van der Waals surface area contributed by atoms with E-state index in [1.807, 2.05) is 0 Å². The van der Waals surface area contributed by atoms with Gasteiger partial charge in [-0.2, -0.15) is 0 Å². The number of pyridine rings is 1. The van der Waals surface area contributed by atoms with Gasteiger partial charge in [0.2, 0.25) is 10.0 Å². The highest BCUT2D eigenvalue weighted by Crippen LogP contribution is 2.36. The summed E-state index contributed by atoms with van der Waals surface area (Å²) in [6, 6.07) is 9.55. The van der Waals surface area contributed by atoms with E-state index in [-0.39, 0.29) is 16.8 Å². The number of nitrogens with one attached hydrogen (secondary N) is 1. The molecule has 2 N–H and O–H groups in total. The van der Waals surface area contributed by atoms with Crippen LogP contribution in [0.3, 0.4) is 0 Å².